The minimum absolute atomic E-state index is 0.493. The van der Waals surface area contributed by atoms with Crippen molar-refractivity contribution in [2.24, 2.45) is 0 Å². The van der Waals surface area contributed by atoms with Crippen LogP contribution in [0.4, 0.5) is 22.0 Å². The van der Waals surface area contributed by atoms with Gasteiger partial charge >= 0.3 is 12.2 Å². The zero-order chi connectivity index (χ0) is 10.2. The van der Waals surface area contributed by atoms with Crippen LogP contribution >= 0.6 is 11.8 Å². The fourth-order valence-corrected chi connectivity index (χ4v) is 0.405. The summed E-state index contributed by atoms with van der Waals surface area (Å²) in [5, 5.41) is 0. The van der Waals surface area contributed by atoms with E-state index in [1.54, 1.807) is 0 Å². The second-order valence-corrected chi connectivity index (χ2v) is 2.18. The van der Waals surface area contributed by atoms with Gasteiger partial charge < -0.3 is 0 Å². The summed E-state index contributed by atoms with van der Waals surface area (Å²) in [6, 6.07) is -5.33. The first kappa shape index (κ1) is 11.4. The van der Waals surface area contributed by atoms with Crippen molar-refractivity contribution in [2.75, 3.05) is 0 Å². The van der Waals surface area contributed by atoms with Crippen molar-refractivity contribution in [3.63, 3.8) is 0 Å². The van der Waals surface area contributed by atoms with Gasteiger partial charge in [0.1, 0.15) is 0 Å². The molecule has 0 aromatic carbocycles. The van der Waals surface area contributed by atoms with Crippen LogP contribution in [0, 0.1) is 0 Å². The highest BCUT2D eigenvalue weighted by molar-refractivity contribution is 6.21. The highest BCUT2D eigenvalue weighted by Crippen LogP contribution is 2.39. The number of hydrogen-bond donors (Lipinski definition) is 0. The number of alkyl halides is 5. The first-order valence-corrected chi connectivity index (χ1v) is 2.85. The van der Waals surface area contributed by atoms with Crippen LogP contribution in [-0.4, -0.2) is 22.5 Å². The summed E-state index contributed by atoms with van der Waals surface area (Å²) < 4.78 is 57.1. The summed E-state index contributed by atoms with van der Waals surface area (Å²) in [4.78, 5) is 10.1. The lowest BCUT2D eigenvalue weighted by molar-refractivity contribution is -0.317. The van der Waals surface area contributed by atoms with Gasteiger partial charge in [-0.05, 0) is 0 Å². The zero-order valence-corrected chi connectivity index (χ0v) is 6.38. The molecule has 1 amide bonds. The molecule has 0 saturated heterocycles. The Morgan fingerprint density at radius 3 is 1.67 bits per heavy atom. The van der Waals surface area contributed by atoms with Crippen molar-refractivity contribution >= 4 is 17.7 Å². The molecule has 0 N–H and O–H groups in total. The average Bonchev–Trinajstić information content (AvgIpc) is 1.83. The van der Waals surface area contributed by atoms with E-state index >= 15 is 0 Å². The van der Waals surface area contributed by atoms with Crippen molar-refractivity contribution in [3.05, 3.63) is 0 Å². The normalized spacial score (nSPS) is 12.9. The van der Waals surface area contributed by atoms with Crippen LogP contribution in [0.15, 0.2) is 0 Å². The maximum Gasteiger partial charge on any atom is 0.476 e. The lowest BCUT2D eigenvalue weighted by atomic mass is 10.5. The van der Waals surface area contributed by atoms with Crippen molar-refractivity contribution in [1.29, 1.82) is 0 Å². The molecule has 0 aromatic heterocycles. The lowest BCUT2D eigenvalue weighted by Crippen LogP contribution is -2.49. The molecule has 0 bridgehead atoms. The molecule has 72 valence electrons. The maximum absolute atomic E-state index is 12.0. The molecule has 0 atom stereocenters. The molecule has 0 radical (unpaired) electrons. The van der Waals surface area contributed by atoms with Crippen LogP contribution in [0.5, 0.6) is 0 Å². The molecule has 8 heteroatoms. The summed E-state index contributed by atoms with van der Waals surface area (Å²) in [5.41, 5.74) is 0. The van der Waals surface area contributed by atoms with Gasteiger partial charge in [-0.2, -0.15) is 26.4 Å². The third-order valence-corrected chi connectivity index (χ3v) is 1.31. The summed E-state index contributed by atoms with van der Waals surface area (Å²) in [5.74, 6) is -1.58. The van der Waals surface area contributed by atoms with Crippen LogP contribution in [-0.2, 0) is 4.79 Å². The molecule has 0 rings (SSSR count). The fraction of sp³-hybridized carbons (Fsp3) is 0.750. The highest BCUT2D eigenvalue weighted by Gasteiger charge is 2.63. The van der Waals surface area contributed by atoms with Gasteiger partial charge in [-0.25, -0.2) is 0 Å². The first-order valence-electron chi connectivity index (χ1n) is 2.52. The van der Waals surface area contributed by atoms with E-state index in [4.69, 9.17) is 0 Å². The van der Waals surface area contributed by atoms with Gasteiger partial charge in [-0.3, -0.25) is 4.79 Å². The SMILES string of the molecule is CC(=O)N(Cl)C(F)(F)C(F)(F)F. The molecule has 12 heavy (non-hydrogen) atoms. The molecular weight excluding hydrogens is 208 g/mol. The number of hydrogen-bond acceptors (Lipinski definition) is 1. The van der Waals surface area contributed by atoms with Crippen LogP contribution in [0.1, 0.15) is 6.92 Å². The predicted octanol–water partition coefficient (Wildman–Crippen LogP) is 2.14. The minimum Gasteiger partial charge on any atom is -0.274 e. The molecule has 0 spiro atoms. The Labute approximate surface area is 69.0 Å². The van der Waals surface area contributed by atoms with Crippen LogP contribution < -0.4 is 0 Å². The minimum atomic E-state index is -5.86. The number of nitrogens with zero attached hydrogens (tertiary/aromatic N) is 1. The predicted molar refractivity (Wildman–Crippen MR) is 29.4 cm³/mol. The topological polar surface area (TPSA) is 20.3 Å². The van der Waals surface area contributed by atoms with Crippen molar-refractivity contribution in [3.8, 4) is 0 Å². The fourth-order valence-electron chi connectivity index (χ4n) is 0.309. The quantitative estimate of drug-likeness (QED) is 0.370. The van der Waals surface area contributed by atoms with E-state index in [-0.39, 0.29) is 0 Å². The molecule has 0 aliphatic carbocycles. The van der Waals surface area contributed by atoms with E-state index < -0.39 is 22.5 Å². The molecular formula is C4H3ClF5NO. The summed E-state index contributed by atoms with van der Waals surface area (Å²) >= 11 is 4.41. The molecule has 2 nitrogen and oxygen atoms in total. The highest BCUT2D eigenvalue weighted by atomic mass is 35.5. The van der Waals surface area contributed by atoms with E-state index in [2.05, 4.69) is 11.8 Å². The summed E-state index contributed by atoms with van der Waals surface area (Å²) in [7, 11) is 0. The number of halogens is 6. The third kappa shape index (κ3) is 1.96. The van der Waals surface area contributed by atoms with E-state index in [1.807, 2.05) is 0 Å². The molecule has 0 heterocycles. The number of carbonyl (C=O) groups excluding carboxylic acids is 1. The van der Waals surface area contributed by atoms with Crippen LogP contribution in [0.25, 0.3) is 0 Å². The zero-order valence-electron chi connectivity index (χ0n) is 5.62. The van der Waals surface area contributed by atoms with Gasteiger partial charge in [0.05, 0.1) is 0 Å². The third-order valence-electron chi connectivity index (χ3n) is 0.864. The van der Waals surface area contributed by atoms with E-state index in [9.17, 15) is 26.7 Å². The Balaban J connectivity index is 4.73. The van der Waals surface area contributed by atoms with Gasteiger partial charge in [0.25, 0.3) is 0 Å². The van der Waals surface area contributed by atoms with Gasteiger partial charge in [0.2, 0.25) is 5.91 Å². The van der Waals surface area contributed by atoms with Crippen molar-refractivity contribution in [2.45, 2.75) is 19.1 Å². The summed E-state index contributed by atoms with van der Waals surface area (Å²) in [6.07, 6.45) is -5.86. The monoisotopic (exact) mass is 211 g/mol. The Hall–Kier alpha value is -0.590. The molecule has 0 unspecified atom stereocenters. The maximum atomic E-state index is 12.0. The van der Waals surface area contributed by atoms with Crippen LogP contribution in [0.2, 0.25) is 0 Å². The second kappa shape index (κ2) is 3.04. The smallest absolute Gasteiger partial charge is 0.274 e. The van der Waals surface area contributed by atoms with E-state index in [0.717, 1.165) is 0 Å². The first-order chi connectivity index (χ1) is 5.10. The van der Waals surface area contributed by atoms with Gasteiger partial charge in [0.15, 0.2) is 0 Å². The standard InChI is InChI=1S/C4H3ClF5NO/c1-2(12)11(5)4(9,10)3(6,7)8/h1H3. The van der Waals surface area contributed by atoms with Gasteiger partial charge in [-0.1, -0.05) is 0 Å². The second-order valence-electron chi connectivity index (χ2n) is 1.84. The Kier molecular flexibility index (Phi) is 2.89. The van der Waals surface area contributed by atoms with Gasteiger partial charge in [-0.15, -0.1) is 0 Å². The lowest BCUT2D eigenvalue weighted by Gasteiger charge is -2.25. The van der Waals surface area contributed by atoms with Gasteiger partial charge in [0, 0.05) is 18.7 Å². The summed E-state index contributed by atoms with van der Waals surface area (Å²) in [6.45, 7) is 0.493. The Morgan fingerprint density at radius 2 is 1.58 bits per heavy atom. The molecule has 0 saturated carbocycles. The largest absolute Gasteiger partial charge is 0.476 e. The number of carbonyl (C=O) groups is 1. The van der Waals surface area contributed by atoms with Crippen molar-refractivity contribution in [1.82, 2.24) is 4.42 Å². The van der Waals surface area contributed by atoms with Crippen LogP contribution in [0.3, 0.4) is 0 Å². The molecule has 0 aliphatic rings. The van der Waals surface area contributed by atoms with E-state index in [1.165, 1.54) is 0 Å². The number of amides is 1. The molecule has 0 fully saturated rings. The molecule has 0 aromatic rings. The molecule has 0 aliphatic heterocycles. The van der Waals surface area contributed by atoms with Crippen molar-refractivity contribution < 1.29 is 26.7 Å². The average molecular weight is 212 g/mol. The van der Waals surface area contributed by atoms with E-state index in [0.29, 0.717) is 6.92 Å². The Bertz CT molecular complexity index is 190. The number of rotatable bonds is 1. The Morgan fingerprint density at radius 1 is 1.25 bits per heavy atom.